The fourth-order valence-corrected chi connectivity index (χ4v) is 3.65. The van der Waals surface area contributed by atoms with E-state index >= 15 is 0 Å². The lowest BCUT2D eigenvalue weighted by Crippen LogP contribution is -2.45. The molecule has 0 radical (unpaired) electrons. The monoisotopic (exact) mass is 383 g/mol. The van der Waals surface area contributed by atoms with Crippen LogP contribution in [-0.2, 0) is 0 Å². The Kier molecular flexibility index (Phi) is 5.99. The predicted octanol–water partition coefficient (Wildman–Crippen LogP) is 2.45. The molecule has 2 atom stereocenters. The lowest BCUT2D eigenvalue weighted by atomic mass is 9.89. The molecule has 1 fully saturated rings. The van der Waals surface area contributed by atoms with Crippen molar-refractivity contribution in [2.45, 2.75) is 51.6 Å². The summed E-state index contributed by atoms with van der Waals surface area (Å²) >= 11 is 0. The van der Waals surface area contributed by atoms with Crippen LogP contribution in [0.5, 0.6) is 0 Å². The average Bonchev–Trinajstić information content (AvgIpc) is 3.18. The van der Waals surface area contributed by atoms with E-state index in [0.29, 0.717) is 23.8 Å². The van der Waals surface area contributed by atoms with Gasteiger partial charge in [-0.3, -0.25) is 9.48 Å². The van der Waals surface area contributed by atoms with E-state index in [1.165, 1.54) is 5.56 Å². The number of amides is 1. The van der Waals surface area contributed by atoms with Gasteiger partial charge in [0.25, 0.3) is 5.91 Å². The third-order valence-electron chi connectivity index (χ3n) is 5.34. The van der Waals surface area contributed by atoms with Crippen LogP contribution in [0.2, 0.25) is 0 Å². The fourth-order valence-electron chi connectivity index (χ4n) is 3.65. The minimum Gasteiger partial charge on any atom is -0.388 e. The van der Waals surface area contributed by atoms with E-state index in [9.17, 15) is 4.79 Å². The van der Waals surface area contributed by atoms with Crippen molar-refractivity contribution in [2.24, 2.45) is 16.7 Å². The number of rotatable bonds is 5. The van der Waals surface area contributed by atoms with Crippen molar-refractivity contribution in [1.29, 1.82) is 0 Å². The summed E-state index contributed by atoms with van der Waals surface area (Å²) in [6.07, 6.45) is 7.11. The van der Waals surface area contributed by atoms with Crippen LogP contribution in [0, 0.1) is 0 Å². The predicted molar refractivity (Wildman–Crippen MR) is 111 cm³/mol. The molecule has 0 bridgehead atoms. The zero-order chi connectivity index (χ0) is 20.3. The summed E-state index contributed by atoms with van der Waals surface area (Å²) < 4.78 is 1.96. The van der Waals surface area contributed by atoms with Gasteiger partial charge in [-0.15, -0.1) is 5.10 Å². The number of para-hydroxylation sites is 1. The molecule has 1 amide bonds. The Morgan fingerprint density at radius 3 is 2.79 bits per heavy atom. The number of hydrogen-bond donors (Lipinski definition) is 2. The first-order valence-electron chi connectivity index (χ1n) is 9.65. The highest BCUT2D eigenvalue weighted by atomic mass is 16.2. The molecule has 0 unspecified atom stereocenters. The molecule has 4 N–H and O–H groups in total. The van der Waals surface area contributed by atoms with Gasteiger partial charge in [-0.25, -0.2) is 5.84 Å². The smallest absolute Gasteiger partial charge is 0.256 e. The molecule has 2 aromatic rings. The highest BCUT2D eigenvalue weighted by Gasteiger charge is 2.32. The van der Waals surface area contributed by atoms with E-state index in [1.54, 1.807) is 12.1 Å². The normalized spacial score (nSPS) is 20.1. The highest BCUT2D eigenvalue weighted by Crippen LogP contribution is 2.32. The van der Waals surface area contributed by atoms with E-state index in [0.717, 1.165) is 24.3 Å². The summed E-state index contributed by atoms with van der Waals surface area (Å²) in [6, 6.07) is 7.66. The summed E-state index contributed by atoms with van der Waals surface area (Å²) in [6.45, 7) is 6.96. The Hall–Kier alpha value is -2.87. The van der Waals surface area contributed by atoms with Gasteiger partial charge in [0.2, 0.25) is 0 Å². The SMILES string of the molecule is CC(C)n1cc([C@@H]2CC[C@@H](C)N(C(=O)c3ccccc3N(N)/N=C\N)C2)cn1. The van der Waals surface area contributed by atoms with Gasteiger partial charge in [-0.05, 0) is 51.3 Å². The van der Waals surface area contributed by atoms with Gasteiger partial charge in [0, 0.05) is 30.7 Å². The number of hydrogen-bond acceptors (Lipinski definition) is 5. The third kappa shape index (κ3) is 4.01. The number of hydrazone groups is 1. The number of aromatic nitrogens is 2. The summed E-state index contributed by atoms with van der Waals surface area (Å²) in [4.78, 5) is 15.3. The molecule has 1 aromatic carbocycles. The van der Waals surface area contributed by atoms with E-state index < -0.39 is 0 Å². The van der Waals surface area contributed by atoms with Crippen LogP contribution in [0.1, 0.15) is 61.5 Å². The molecule has 3 rings (SSSR count). The molecule has 150 valence electrons. The van der Waals surface area contributed by atoms with Gasteiger partial charge in [0.15, 0.2) is 0 Å². The van der Waals surface area contributed by atoms with Crippen LogP contribution < -0.4 is 16.7 Å². The minimum atomic E-state index is -0.0493. The maximum atomic E-state index is 13.4. The molecule has 0 spiro atoms. The van der Waals surface area contributed by atoms with Gasteiger partial charge in [-0.2, -0.15) is 10.2 Å². The quantitative estimate of drug-likeness (QED) is 0.357. The largest absolute Gasteiger partial charge is 0.388 e. The van der Waals surface area contributed by atoms with Crippen molar-refractivity contribution in [3.63, 3.8) is 0 Å². The molecule has 1 saturated heterocycles. The van der Waals surface area contributed by atoms with Crippen molar-refractivity contribution in [1.82, 2.24) is 14.7 Å². The molecular formula is C20H29N7O. The van der Waals surface area contributed by atoms with Crippen molar-refractivity contribution >= 4 is 17.9 Å². The van der Waals surface area contributed by atoms with Crippen molar-refractivity contribution < 1.29 is 4.79 Å². The van der Waals surface area contributed by atoms with Gasteiger partial charge in [0.05, 0.1) is 17.4 Å². The maximum absolute atomic E-state index is 13.4. The number of benzene rings is 1. The van der Waals surface area contributed by atoms with Crippen LogP contribution in [0.15, 0.2) is 41.8 Å². The number of nitrogens with zero attached hydrogens (tertiary/aromatic N) is 5. The fraction of sp³-hybridized carbons (Fsp3) is 0.450. The van der Waals surface area contributed by atoms with Crippen LogP contribution in [0.25, 0.3) is 0 Å². The molecular weight excluding hydrogens is 354 g/mol. The Labute approximate surface area is 165 Å². The lowest BCUT2D eigenvalue weighted by molar-refractivity contribution is 0.0610. The first-order valence-corrected chi connectivity index (χ1v) is 9.65. The van der Waals surface area contributed by atoms with Gasteiger partial charge in [-0.1, -0.05) is 12.1 Å². The third-order valence-corrected chi connectivity index (χ3v) is 5.34. The number of anilines is 1. The van der Waals surface area contributed by atoms with E-state index in [1.807, 2.05) is 27.9 Å². The topological polar surface area (TPSA) is 106 Å². The summed E-state index contributed by atoms with van der Waals surface area (Å²) in [7, 11) is 0. The van der Waals surface area contributed by atoms with Crippen LogP contribution in [-0.4, -0.2) is 39.5 Å². The molecule has 0 aliphatic carbocycles. The second kappa shape index (κ2) is 8.43. The van der Waals surface area contributed by atoms with Crippen LogP contribution in [0.4, 0.5) is 5.69 Å². The summed E-state index contributed by atoms with van der Waals surface area (Å²) in [5.41, 5.74) is 7.57. The van der Waals surface area contributed by atoms with E-state index in [4.69, 9.17) is 11.6 Å². The van der Waals surface area contributed by atoms with Gasteiger partial charge in [0.1, 0.15) is 6.34 Å². The van der Waals surface area contributed by atoms with Crippen molar-refractivity contribution in [2.75, 3.05) is 11.7 Å². The molecule has 1 aliphatic rings. The standard InChI is InChI=1S/C20H29N7O/c1-14(2)26-12-17(10-23-26)16-9-8-15(3)25(11-16)20(28)18-6-4-5-7-19(18)27(22)24-13-21/h4-7,10,12-16H,8-9,11,22H2,1-3H3,(H2,21,24)/t15-,16-/m1/s1. The minimum absolute atomic E-state index is 0.0493. The molecule has 1 aliphatic heterocycles. The number of hydrazine groups is 1. The first kappa shape index (κ1) is 19.9. The Morgan fingerprint density at radius 2 is 2.11 bits per heavy atom. The van der Waals surface area contributed by atoms with Crippen molar-refractivity contribution in [3.8, 4) is 0 Å². The Bertz CT molecular complexity index is 845. The number of nitrogens with two attached hydrogens (primary N) is 2. The van der Waals surface area contributed by atoms with Gasteiger partial charge >= 0.3 is 0 Å². The second-order valence-corrected chi connectivity index (χ2v) is 7.55. The Morgan fingerprint density at radius 1 is 1.36 bits per heavy atom. The summed E-state index contributed by atoms with van der Waals surface area (Å²) in [5.74, 6) is 6.16. The van der Waals surface area contributed by atoms with Crippen LogP contribution in [0.3, 0.4) is 0 Å². The Balaban J connectivity index is 1.84. The molecule has 8 heteroatoms. The second-order valence-electron chi connectivity index (χ2n) is 7.55. The first-order chi connectivity index (χ1) is 13.4. The molecule has 0 saturated carbocycles. The zero-order valence-corrected chi connectivity index (χ0v) is 16.7. The molecule has 28 heavy (non-hydrogen) atoms. The lowest BCUT2D eigenvalue weighted by Gasteiger charge is -2.38. The average molecular weight is 384 g/mol. The van der Waals surface area contributed by atoms with Gasteiger partial charge < -0.3 is 10.6 Å². The number of piperidine rings is 1. The van der Waals surface area contributed by atoms with E-state index in [-0.39, 0.29) is 17.9 Å². The number of likely N-dealkylation sites (tertiary alicyclic amines) is 1. The molecule has 8 nitrogen and oxygen atoms in total. The zero-order valence-electron chi connectivity index (χ0n) is 16.7. The van der Waals surface area contributed by atoms with Crippen molar-refractivity contribution in [3.05, 3.63) is 47.8 Å². The molecule has 1 aromatic heterocycles. The number of carbonyl (C=O) groups is 1. The van der Waals surface area contributed by atoms with E-state index in [2.05, 4.69) is 37.2 Å². The molecule has 2 heterocycles. The highest BCUT2D eigenvalue weighted by molar-refractivity contribution is 6.00. The van der Waals surface area contributed by atoms with Crippen LogP contribution >= 0.6 is 0 Å². The maximum Gasteiger partial charge on any atom is 0.256 e. The summed E-state index contributed by atoms with van der Waals surface area (Å²) in [5, 5.41) is 9.45. The number of carbonyl (C=O) groups excluding carboxylic acids is 1.